The summed E-state index contributed by atoms with van der Waals surface area (Å²) in [5.74, 6) is 1.08. The topological polar surface area (TPSA) is 73.1 Å². The fourth-order valence-electron chi connectivity index (χ4n) is 3.26. The lowest BCUT2D eigenvalue weighted by Gasteiger charge is -2.41. The molecule has 0 aliphatic carbocycles. The van der Waals surface area contributed by atoms with Gasteiger partial charge >= 0.3 is 0 Å². The molecule has 0 N–H and O–H groups in total. The van der Waals surface area contributed by atoms with E-state index < -0.39 is 5.54 Å². The Hall–Kier alpha value is -2.35. The summed E-state index contributed by atoms with van der Waals surface area (Å²) in [7, 11) is 1.76. The van der Waals surface area contributed by atoms with Crippen LogP contribution < -0.4 is 9.64 Å². The number of carbonyl (C=O) groups is 1. The molecule has 0 radical (unpaired) electrons. The van der Waals surface area contributed by atoms with E-state index in [4.69, 9.17) is 4.74 Å². The van der Waals surface area contributed by atoms with Crippen LogP contribution in [0.5, 0.6) is 5.75 Å². The van der Waals surface area contributed by atoms with E-state index >= 15 is 0 Å². The number of hydrogen-bond acceptors (Lipinski definition) is 6. The Kier molecular flexibility index (Phi) is 5.04. The number of rotatable bonds is 5. The largest absolute Gasteiger partial charge is 0.494 e. The molecule has 7 nitrogen and oxygen atoms in total. The van der Waals surface area contributed by atoms with Crippen LogP contribution in [0.15, 0.2) is 29.4 Å². The van der Waals surface area contributed by atoms with E-state index in [1.807, 2.05) is 43.9 Å². The first-order valence-electron chi connectivity index (χ1n) is 8.48. The summed E-state index contributed by atoms with van der Waals surface area (Å²) in [6.45, 7) is 8.72. The number of hydrogen-bond donors (Lipinski definition) is 0. The van der Waals surface area contributed by atoms with Gasteiger partial charge in [-0.3, -0.25) is 4.79 Å². The van der Waals surface area contributed by atoms with E-state index in [0.29, 0.717) is 11.8 Å². The van der Waals surface area contributed by atoms with Gasteiger partial charge in [-0.15, -0.1) is 5.10 Å². The van der Waals surface area contributed by atoms with Gasteiger partial charge in [-0.25, -0.2) is 4.68 Å². The number of benzene rings is 1. The van der Waals surface area contributed by atoms with Crippen molar-refractivity contribution in [3.63, 3.8) is 0 Å². The molecule has 0 fully saturated rings. The Labute approximate surface area is 157 Å². The molecule has 2 heterocycles. The third-order valence-corrected chi connectivity index (χ3v) is 5.24. The zero-order chi connectivity index (χ0) is 18.9. The summed E-state index contributed by atoms with van der Waals surface area (Å²) in [5, 5.41) is 11.9. The minimum Gasteiger partial charge on any atom is -0.494 e. The molecule has 0 unspecified atom stereocenters. The van der Waals surface area contributed by atoms with Crippen LogP contribution in [-0.2, 0) is 11.8 Å². The number of ether oxygens (including phenoxy) is 1. The second kappa shape index (κ2) is 7.11. The van der Waals surface area contributed by atoms with E-state index in [2.05, 4.69) is 28.5 Å². The van der Waals surface area contributed by atoms with Crippen molar-refractivity contribution in [1.29, 1.82) is 0 Å². The first kappa shape index (κ1) is 18.4. The fraction of sp³-hybridized carbons (Fsp3) is 0.444. The summed E-state index contributed by atoms with van der Waals surface area (Å²) < 4.78 is 7.18. The minimum atomic E-state index is -0.417. The minimum absolute atomic E-state index is 0.0113. The molecule has 0 saturated carbocycles. The van der Waals surface area contributed by atoms with Crippen molar-refractivity contribution in [2.75, 3.05) is 17.3 Å². The molecule has 2 aromatic rings. The summed E-state index contributed by atoms with van der Waals surface area (Å²) in [5.41, 5.74) is 2.65. The fourth-order valence-corrected chi connectivity index (χ4v) is 3.95. The smallest absolute Gasteiger partial charge is 0.238 e. The molecule has 0 spiro atoms. The Morgan fingerprint density at radius 3 is 2.77 bits per heavy atom. The normalized spacial score (nSPS) is 15.4. The number of allylic oxidation sites excluding steroid dienone is 1. The van der Waals surface area contributed by atoms with Gasteiger partial charge in [0.25, 0.3) is 0 Å². The number of thioether (sulfide) groups is 1. The van der Waals surface area contributed by atoms with Gasteiger partial charge in [-0.1, -0.05) is 17.8 Å². The van der Waals surface area contributed by atoms with Gasteiger partial charge < -0.3 is 9.64 Å². The zero-order valence-corrected chi connectivity index (χ0v) is 16.5. The highest BCUT2D eigenvalue weighted by Crippen LogP contribution is 2.41. The van der Waals surface area contributed by atoms with Gasteiger partial charge in [0.2, 0.25) is 11.1 Å². The lowest BCUT2D eigenvalue weighted by molar-refractivity contribution is -0.116. The maximum absolute atomic E-state index is 13.1. The predicted molar refractivity (Wildman–Crippen MR) is 102 cm³/mol. The number of carbonyl (C=O) groups excluding carboxylic acids is 1. The molecule has 1 aromatic heterocycles. The first-order chi connectivity index (χ1) is 12.3. The van der Waals surface area contributed by atoms with E-state index in [0.717, 1.165) is 22.6 Å². The maximum atomic E-state index is 13.1. The maximum Gasteiger partial charge on any atom is 0.238 e. The van der Waals surface area contributed by atoms with E-state index in [9.17, 15) is 4.79 Å². The van der Waals surface area contributed by atoms with Crippen molar-refractivity contribution < 1.29 is 9.53 Å². The Bertz CT molecular complexity index is 859. The molecule has 3 rings (SSSR count). The molecule has 0 bridgehead atoms. The summed E-state index contributed by atoms with van der Waals surface area (Å²) in [4.78, 5) is 14.9. The molecule has 1 aromatic carbocycles. The Balaban J connectivity index is 1.90. The molecule has 1 aliphatic rings. The summed E-state index contributed by atoms with van der Waals surface area (Å²) in [6, 6.07) is 5.88. The highest BCUT2D eigenvalue weighted by molar-refractivity contribution is 7.99. The van der Waals surface area contributed by atoms with Crippen molar-refractivity contribution in [3.8, 4) is 5.75 Å². The highest BCUT2D eigenvalue weighted by Gasteiger charge is 2.35. The average Bonchev–Trinajstić information content (AvgIpc) is 2.98. The van der Waals surface area contributed by atoms with Gasteiger partial charge in [0.1, 0.15) is 5.75 Å². The second-order valence-electron chi connectivity index (χ2n) is 6.70. The number of aromatic nitrogens is 4. The molecule has 1 aliphatic heterocycles. The van der Waals surface area contributed by atoms with Crippen LogP contribution in [0.3, 0.4) is 0 Å². The Morgan fingerprint density at radius 2 is 2.12 bits per heavy atom. The number of anilines is 1. The lowest BCUT2D eigenvalue weighted by atomic mass is 9.88. The third kappa shape index (κ3) is 3.46. The third-order valence-electron chi connectivity index (χ3n) is 4.25. The van der Waals surface area contributed by atoms with Crippen LogP contribution in [0.4, 0.5) is 5.69 Å². The molecule has 26 heavy (non-hydrogen) atoms. The SMILES string of the molecule is CCOc1ccc2c(c1)C(C)=CC(C)(C)N2C(=O)CSc1nnnn1C. The lowest BCUT2D eigenvalue weighted by Crippen LogP contribution is -2.49. The van der Waals surface area contributed by atoms with Gasteiger partial charge in [0.05, 0.1) is 23.6 Å². The number of aryl methyl sites for hydroxylation is 1. The van der Waals surface area contributed by atoms with Crippen molar-refractivity contribution in [3.05, 3.63) is 29.8 Å². The standard InChI is InChI=1S/C18H23N5O2S/c1-6-25-13-7-8-15-14(9-13)12(2)10-18(3,4)23(15)16(24)11-26-17-19-20-21-22(17)5/h7-10H,6,11H2,1-5H3. The van der Waals surface area contributed by atoms with Crippen LogP contribution in [0.25, 0.3) is 5.57 Å². The van der Waals surface area contributed by atoms with Crippen molar-refractivity contribution >= 4 is 28.9 Å². The van der Waals surface area contributed by atoms with Crippen LogP contribution in [0.1, 0.15) is 33.3 Å². The van der Waals surface area contributed by atoms with E-state index in [1.54, 1.807) is 11.7 Å². The summed E-state index contributed by atoms with van der Waals surface area (Å²) in [6.07, 6.45) is 2.12. The zero-order valence-electron chi connectivity index (χ0n) is 15.7. The quantitative estimate of drug-likeness (QED) is 0.751. The van der Waals surface area contributed by atoms with Gasteiger partial charge in [-0.2, -0.15) is 0 Å². The molecular formula is C18H23N5O2S. The molecule has 0 saturated heterocycles. The van der Waals surface area contributed by atoms with Crippen LogP contribution in [-0.4, -0.2) is 44.0 Å². The van der Waals surface area contributed by atoms with Crippen molar-refractivity contribution in [2.24, 2.45) is 7.05 Å². The molecule has 1 amide bonds. The number of amides is 1. The molecule has 0 atom stereocenters. The van der Waals surface area contributed by atoms with Crippen molar-refractivity contribution in [2.45, 2.75) is 38.4 Å². The highest BCUT2D eigenvalue weighted by atomic mass is 32.2. The van der Waals surface area contributed by atoms with Crippen LogP contribution >= 0.6 is 11.8 Å². The molecule has 138 valence electrons. The number of nitrogens with zero attached hydrogens (tertiary/aromatic N) is 5. The number of fused-ring (bicyclic) bond motifs is 1. The summed E-state index contributed by atoms with van der Waals surface area (Å²) >= 11 is 1.33. The predicted octanol–water partition coefficient (Wildman–Crippen LogP) is 2.93. The van der Waals surface area contributed by atoms with Crippen LogP contribution in [0, 0.1) is 0 Å². The van der Waals surface area contributed by atoms with Crippen LogP contribution in [0.2, 0.25) is 0 Å². The monoisotopic (exact) mass is 373 g/mol. The van der Waals surface area contributed by atoms with E-state index in [1.165, 1.54) is 11.8 Å². The van der Waals surface area contributed by atoms with E-state index in [-0.39, 0.29) is 11.7 Å². The molecule has 8 heteroatoms. The van der Waals surface area contributed by atoms with Gasteiger partial charge in [0, 0.05) is 12.6 Å². The second-order valence-corrected chi connectivity index (χ2v) is 7.64. The van der Waals surface area contributed by atoms with Gasteiger partial charge in [-0.05, 0) is 61.9 Å². The molecular weight excluding hydrogens is 350 g/mol. The van der Waals surface area contributed by atoms with Crippen molar-refractivity contribution in [1.82, 2.24) is 20.2 Å². The Morgan fingerprint density at radius 1 is 1.35 bits per heavy atom. The average molecular weight is 373 g/mol. The van der Waals surface area contributed by atoms with Gasteiger partial charge in [0.15, 0.2) is 0 Å². The number of tetrazole rings is 1. The first-order valence-corrected chi connectivity index (χ1v) is 9.47.